The molecule has 0 saturated carbocycles. The first-order chi connectivity index (χ1) is 15.0. The van der Waals surface area contributed by atoms with Crippen molar-refractivity contribution in [1.29, 1.82) is 0 Å². The van der Waals surface area contributed by atoms with Crippen molar-refractivity contribution >= 4 is 17.3 Å². The summed E-state index contributed by atoms with van der Waals surface area (Å²) in [4.78, 5) is 30.0. The van der Waals surface area contributed by atoms with E-state index in [0.29, 0.717) is 49.3 Å². The van der Waals surface area contributed by atoms with Gasteiger partial charge in [0.15, 0.2) is 0 Å². The Morgan fingerprint density at radius 2 is 1.94 bits per heavy atom. The second-order valence-corrected chi connectivity index (χ2v) is 7.02. The standard InChI is InChI=1S/C22H21N3O6/c1-15-19(23-21(31-15)16-5-3-2-4-6-16)14-30-22(26)18-13-17(25(27)28)7-8-20(18)24-9-11-29-12-10-24/h2-8,13H,9-12,14H2,1H3. The van der Waals surface area contributed by atoms with Gasteiger partial charge in [0, 0.05) is 30.8 Å². The molecule has 3 aromatic rings. The number of aryl methyl sites for hydroxylation is 1. The molecule has 31 heavy (non-hydrogen) atoms. The second kappa shape index (κ2) is 8.97. The van der Waals surface area contributed by atoms with E-state index >= 15 is 0 Å². The van der Waals surface area contributed by atoms with Gasteiger partial charge in [-0.15, -0.1) is 0 Å². The van der Waals surface area contributed by atoms with Gasteiger partial charge in [-0.2, -0.15) is 0 Å². The van der Waals surface area contributed by atoms with Gasteiger partial charge in [-0.05, 0) is 25.1 Å². The first-order valence-corrected chi connectivity index (χ1v) is 9.83. The van der Waals surface area contributed by atoms with Crippen LogP contribution in [0.3, 0.4) is 0 Å². The molecule has 9 heteroatoms. The average Bonchev–Trinajstić information content (AvgIpc) is 3.18. The number of esters is 1. The molecule has 0 radical (unpaired) electrons. The van der Waals surface area contributed by atoms with Crippen LogP contribution in [0.1, 0.15) is 21.8 Å². The fourth-order valence-electron chi connectivity index (χ4n) is 3.36. The number of aromatic nitrogens is 1. The zero-order valence-electron chi connectivity index (χ0n) is 16.9. The first kappa shape index (κ1) is 20.5. The third-order valence-electron chi connectivity index (χ3n) is 5.02. The molecule has 1 fully saturated rings. The van der Waals surface area contributed by atoms with Gasteiger partial charge in [0.1, 0.15) is 18.1 Å². The van der Waals surface area contributed by atoms with Crippen LogP contribution in [0.4, 0.5) is 11.4 Å². The van der Waals surface area contributed by atoms with E-state index in [9.17, 15) is 14.9 Å². The van der Waals surface area contributed by atoms with Gasteiger partial charge in [-0.3, -0.25) is 10.1 Å². The Balaban J connectivity index is 1.55. The Morgan fingerprint density at radius 1 is 1.19 bits per heavy atom. The number of benzene rings is 2. The lowest BCUT2D eigenvalue weighted by molar-refractivity contribution is -0.384. The molecule has 0 unspecified atom stereocenters. The van der Waals surface area contributed by atoms with Gasteiger partial charge in [0.05, 0.1) is 29.4 Å². The molecule has 0 N–H and O–H groups in total. The lowest BCUT2D eigenvalue weighted by Crippen LogP contribution is -2.37. The van der Waals surface area contributed by atoms with Gasteiger partial charge in [0.25, 0.3) is 5.69 Å². The maximum Gasteiger partial charge on any atom is 0.340 e. The van der Waals surface area contributed by atoms with E-state index in [4.69, 9.17) is 13.9 Å². The fraction of sp³-hybridized carbons (Fsp3) is 0.273. The van der Waals surface area contributed by atoms with Crippen LogP contribution < -0.4 is 4.90 Å². The summed E-state index contributed by atoms with van der Waals surface area (Å²) >= 11 is 0. The number of carbonyl (C=O) groups is 1. The van der Waals surface area contributed by atoms with Gasteiger partial charge >= 0.3 is 5.97 Å². The van der Waals surface area contributed by atoms with E-state index < -0.39 is 10.9 Å². The molecule has 0 aliphatic carbocycles. The summed E-state index contributed by atoms with van der Waals surface area (Å²) in [6, 6.07) is 13.6. The monoisotopic (exact) mass is 423 g/mol. The number of nitro groups is 1. The lowest BCUT2D eigenvalue weighted by atomic mass is 10.1. The number of nitrogens with zero attached hydrogens (tertiary/aromatic N) is 3. The third kappa shape index (κ3) is 4.56. The quantitative estimate of drug-likeness (QED) is 0.335. The Labute approximate surface area is 178 Å². The first-order valence-electron chi connectivity index (χ1n) is 9.83. The molecule has 9 nitrogen and oxygen atoms in total. The van der Waals surface area contributed by atoms with E-state index in [1.807, 2.05) is 35.2 Å². The van der Waals surface area contributed by atoms with Gasteiger partial charge in [-0.1, -0.05) is 18.2 Å². The van der Waals surface area contributed by atoms with Crippen molar-refractivity contribution in [2.75, 3.05) is 31.2 Å². The van der Waals surface area contributed by atoms with E-state index in [0.717, 1.165) is 5.56 Å². The van der Waals surface area contributed by atoms with E-state index in [1.54, 1.807) is 13.0 Å². The summed E-state index contributed by atoms with van der Waals surface area (Å²) in [7, 11) is 0. The molecular formula is C22H21N3O6. The van der Waals surface area contributed by atoms with Crippen molar-refractivity contribution in [1.82, 2.24) is 4.98 Å². The maximum absolute atomic E-state index is 12.9. The van der Waals surface area contributed by atoms with Gasteiger partial charge in [-0.25, -0.2) is 9.78 Å². The highest BCUT2D eigenvalue weighted by atomic mass is 16.6. The number of morpholine rings is 1. The smallest absolute Gasteiger partial charge is 0.340 e. The fourth-order valence-corrected chi connectivity index (χ4v) is 3.36. The Morgan fingerprint density at radius 3 is 2.65 bits per heavy atom. The van der Waals surface area contributed by atoms with Crippen molar-refractivity contribution in [3.63, 3.8) is 0 Å². The summed E-state index contributed by atoms with van der Waals surface area (Å²) in [6.45, 7) is 3.85. The van der Waals surface area contributed by atoms with E-state index in [-0.39, 0.29) is 17.9 Å². The summed E-state index contributed by atoms with van der Waals surface area (Å²) in [5.41, 5.74) is 1.86. The SMILES string of the molecule is Cc1oc(-c2ccccc2)nc1COC(=O)c1cc([N+](=O)[O-])ccc1N1CCOCC1. The number of ether oxygens (including phenoxy) is 2. The number of rotatable bonds is 6. The van der Waals surface area contributed by atoms with Crippen LogP contribution in [0.25, 0.3) is 11.5 Å². The van der Waals surface area contributed by atoms with Gasteiger partial charge < -0.3 is 18.8 Å². The number of carbonyl (C=O) groups excluding carboxylic acids is 1. The molecule has 1 aliphatic rings. The van der Waals surface area contributed by atoms with E-state index in [1.165, 1.54) is 12.1 Å². The molecule has 1 aromatic heterocycles. The van der Waals surface area contributed by atoms with Crippen LogP contribution in [0, 0.1) is 17.0 Å². The minimum absolute atomic E-state index is 0.105. The predicted molar refractivity (Wildman–Crippen MR) is 112 cm³/mol. The molecule has 1 saturated heterocycles. The Bertz CT molecular complexity index is 1090. The highest BCUT2D eigenvalue weighted by Crippen LogP contribution is 2.28. The Hall–Kier alpha value is -3.72. The molecule has 0 spiro atoms. The third-order valence-corrected chi connectivity index (χ3v) is 5.02. The van der Waals surface area contributed by atoms with Crippen molar-refractivity contribution in [3.8, 4) is 11.5 Å². The molecule has 0 bridgehead atoms. The molecule has 160 valence electrons. The molecule has 2 heterocycles. The zero-order valence-corrected chi connectivity index (χ0v) is 16.9. The number of hydrogen-bond acceptors (Lipinski definition) is 8. The number of anilines is 1. The number of hydrogen-bond donors (Lipinski definition) is 0. The zero-order chi connectivity index (χ0) is 21.8. The summed E-state index contributed by atoms with van der Waals surface area (Å²) in [5.74, 6) is 0.321. The minimum atomic E-state index is -0.658. The predicted octanol–water partition coefficient (Wildman–Crippen LogP) is 3.75. The summed E-state index contributed by atoms with van der Waals surface area (Å²) in [6.07, 6.45) is 0. The molecule has 2 aromatic carbocycles. The molecule has 1 aliphatic heterocycles. The van der Waals surface area contributed by atoms with Crippen LogP contribution in [0.2, 0.25) is 0 Å². The highest BCUT2D eigenvalue weighted by Gasteiger charge is 2.24. The lowest BCUT2D eigenvalue weighted by Gasteiger charge is -2.30. The average molecular weight is 423 g/mol. The second-order valence-electron chi connectivity index (χ2n) is 7.02. The number of non-ortho nitro benzene ring substituents is 1. The van der Waals surface area contributed by atoms with Gasteiger partial charge in [0.2, 0.25) is 5.89 Å². The van der Waals surface area contributed by atoms with E-state index in [2.05, 4.69) is 4.98 Å². The topological polar surface area (TPSA) is 108 Å². The van der Waals surface area contributed by atoms with Crippen LogP contribution in [0.5, 0.6) is 0 Å². The van der Waals surface area contributed by atoms with Crippen molar-refractivity contribution in [2.45, 2.75) is 13.5 Å². The van der Waals surface area contributed by atoms with Crippen molar-refractivity contribution < 1.29 is 23.6 Å². The van der Waals surface area contributed by atoms with Crippen LogP contribution in [-0.2, 0) is 16.1 Å². The molecule has 4 rings (SSSR count). The number of oxazole rings is 1. The highest BCUT2D eigenvalue weighted by molar-refractivity contribution is 5.96. The number of nitro benzene ring substituents is 1. The minimum Gasteiger partial charge on any atom is -0.455 e. The molecular weight excluding hydrogens is 402 g/mol. The van der Waals surface area contributed by atoms with Crippen LogP contribution in [0.15, 0.2) is 52.9 Å². The van der Waals surface area contributed by atoms with Crippen LogP contribution in [-0.4, -0.2) is 42.2 Å². The molecule has 0 atom stereocenters. The largest absolute Gasteiger partial charge is 0.455 e. The summed E-state index contributed by atoms with van der Waals surface area (Å²) < 4.78 is 16.5. The summed E-state index contributed by atoms with van der Waals surface area (Å²) in [5, 5.41) is 11.2. The van der Waals surface area contributed by atoms with Crippen molar-refractivity contribution in [2.24, 2.45) is 0 Å². The van der Waals surface area contributed by atoms with Crippen LogP contribution >= 0.6 is 0 Å². The molecule has 0 amide bonds. The Kier molecular flexibility index (Phi) is 5.94. The normalized spacial score (nSPS) is 13.8. The maximum atomic E-state index is 12.9. The van der Waals surface area contributed by atoms with Crippen molar-refractivity contribution in [3.05, 3.63) is 75.7 Å².